The molecule has 0 aromatic heterocycles. The van der Waals surface area contributed by atoms with Crippen molar-refractivity contribution in [1.29, 1.82) is 0 Å². The average molecular weight is 235 g/mol. The molecule has 2 heteroatoms. The second-order valence-electron chi connectivity index (χ2n) is 4.73. The molecule has 0 bridgehead atoms. The lowest BCUT2D eigenvalue weighted by Gasteiger charge is -2.14. The maximum Gasteiger partial charge on any atom is 0.0431 e. The van der Waals surface area contributed by atoms with Gasteiger partial charge in [0.05, 0.1) is 0 Å². The third-order valence-corrected chi connectivity index (χ3v) is 3.08. The largest absolute Gasteiger partial charge is 0.396 e. The van der Waals surface area contributed by atoms with Gasteiger partial charge in [-0.05, 0) is 38.8 Å². The van der Waals surface area contributed by atoms with Crippen molar-refractivity contribution in [1.82, 2.24) is 5.32 Å². The first-order valence-corrected chi connectivity index (χ1v) is 6.65. The Morgan fingerprint density at radius 3 is 2.65 bits per heavy atom. The molecule has 0 amide bonds. The molecule has 0 heterocycles. The number of hydrogen-bond donors (Lipinski definition) is 2. The molecule has 0 aliphatic carbocycles. The molecule has 0 saturated carbocycles. The zero-order valence-electron chi connectivity index (χ0n) is 11.1. The van der Waals surface area contributed by atoms with Crippen LogP contribution >= 0.6 is 0 Å². The summed E-state index contributed by atoms with van der Waals surface area (Å²) in [6.07, 6.45) is 4.47. The van der Waals surface area contributed by atoms with Crippen LogP contribution in [0.3, 0.4) is 0 Å². The maximum absolute atomic E-state index is 8.67. The van der Waals surface area contributed by atoms with Gasteiger partial charge < -0.3 is 10.4 Å². The Balaban J connectivity index is 2.19. The zero-order valence-corrected chi connectivity index (χ0v) is 11.1. The lowest BCUT2D eigenvalue weighted by molar-refractivity contribution is 0.282. The van der Waals surface area contributed by atoms with Gasteiger partial charge in [0.25, 0.3) is 0 Å². The summed E-state index contributed by atoms with van der Waals surface area (Å²) >= 11 is 0. The summed E-state index contributed by atoms with van der Waals surface area (Å²) in [5, 5.41) is 12.2. The molecule has 0 radical (unpaired) electrons. The minimum atomic E-state index is 0.327. The summed E-state index contributed by atoms with van der Waals surface area (Å²) in [7, 11) is 0. The van der Waals surface area contributed by atoms with E-state index < -0.39 is 0 Å². The van der Waals surface area contributed by atoms with Crippen molar-refractivity contribution in [2.45, 2.75) is 45.6 Å². The normalized spacial score (nSPS) is 12.6. The second-order valence-corrected chi connectivity index (χ2v) is 4.73. The third kappa shape index (κ3) is 5.85. The highest BCUT2D eigenvalue weighted by molar-refractivity contribution is 5.24. The highest BCUT2D eigenvalue weighted by atomic mass is 16.2. The predicted octanol–water partition coefficient (Wildman–Crippen LogP) is 3.20. The Labute approximate surface area is 105 Å². The van der Waals surface area contributed by atoms with Crippen LogP contribution in [0.4, 0.5) is 0 Å². The Hall–Kier alpha value is -0.860. The molecule has 96 valence electrons. The Morgan fingerprint density at radius 2 is 1.94 bits per heavy atom. The molecular weight excluding hydrogens is 210 g/mol. The van der Waals surface area contributed by atoms with Crippen molar-refractivity contribution >= 4 is 0 Å². The van der Waals surface area contributed by atoms with Crippen LogP contribution in [0, 0.1) is 6.92 Å². The summed E-state index contributed by atoms with van der Waals surface area (Å²) in [5.41, 5.74) is 2.68. The molecule has 1 rings (SSSR count). The summed E-state index contributed by atoms with van der Waals surface area (Å²) in [6.45, 7) is 5.72. The highest BCUT2D eigenvalue weighted by Gasteiger charge is 2.03. The van der Waals surface area contributed by atoms with E-state index >= 15 is 0 Å². The van der Waals surface area contributed by atoms with E-state index in [-0.39, 0.29) is 0 Å². The molecule has 2 nitrogen and oxygen atoms in total. The minimum absolute atomic E-state index is 0.327. The Bertz CT molecular complexity index is 312. The standard InChI is InChI=1S/C15H25NO/c1-13-8-7-9-15(12-13)14(2)16-10-5-3-4-6-11-17/h7-9,12,14,16-17H,3-6,10-11H2,1-2H3. The first kappa shape index (κ1) is 14.2. The van der Waals surface area contributed by atoms with E-state index in [9.17, 15) is 0 Å². The molecular formula is C15H25NO. The lowest BCUT2D eigenvalue weighted by Crippen LogP contribution is -2.19. The van der Waals surface area contributed by atoms with Crippen LogP contribution in [0.2, 0.25) is 0 Å². The summed E-state index contributed by atoms with van der Waals surface area (Å²) < 4.78 is 0. The molecule has 2 N–H and O–H groups in total. The average Bonchev–Trinajstić information content (AvgIpc) is 2.33. The van der Waals surface area contributed by atoms with E-state index in [0.717, 1.165) is 19.4 Å². The smallest absolute Gasteiger partial charge is 0.0431 e. The SMILES string of the molecule is Cc1cccc(C(C)NCCCCCCO)c1. The van der Waals surface area contributed by atoms with E-state index in [2.05, 4.69) is 43.4 Å². The van der Waals surface area contributed by atoms with Crippen LogP contribution in [0.1, 0.15) is 49.8 Å². The van der Waals surface area contributed by atoms with Crippen molar-refractivity contribution in [3.05, 3.63) is 35.4 Å². The fourth-order valence-corrected chi connectivity index (χ4v) is 1.97. The summed E-state index contributed by atoms with van der Waals surface area (Å²) in [6, 6.07) is 9.09. The van der Waals surface area contributed by atoms with Gasteiger partial charge in [0.2, 0.25) is 0 Å². The van der Waals surface area contributed by atoms with E-state index in [1.54, 1.807) is 0 Å². The van der Waals surface area contributed by atoms with Crippen molar-refractivity contribution in [3.8, 4) is 0 Å². The number of hydrogen-bond acceptors (Lipinski definition) is 2. The number of benzene rings is 1. The van der Waals surface area contributed by atoms with Gasteiger partial charge in [0.1, 0.15) is 0 Å². The summed E-state index contributed by atoms with van der Waals surface area (Å²) in [5.74, 6) is 0. The molecule has 0 spiro atoms. The van der Waals surface area contributed by atoms with Gasteiger partial charge in [-0.15, -0.1) is 0 Å². The van der Waals surface area contributed by atoms with Gasteiger partial charge >= 0.3 is 0 Å². The quantitative estimate of drug-likeness (QED) is 0.678. The fourth-order valence-electron chi connectivity index (χ4n) is 1.97. The molecule has 1 unspecified atom stereocenters. The first-order chi connectivity index (χ1) is 8.24. The zero-order chi connectivity index (χ0) is 12.5. The van der Waals surface area contributed by atoms with Crippen LogP contribution < -0.4 is 5.32 Å². The second kappa shape index (κ2) is 8.26. The Kier molecular flexibility index (Phi) is 6.90. The molecule has 0 aliphatic rings. The molecule has 0 aliphatic heterocycles. The number of nitrogens with one attached hydrogen (secondary N) is 1. The number of unbranched alkanes of at least 4 members (excludes halogenated alkanes) is 3. The maximum atomic E-state index is 8.67. The van der Waals surface area contributed by atoms with Crippen LogP contribution in [-0.2, 0) is 0 Å². The molecule has 1 aromatic carbocycles. The first-order valence-electron chi connectivity index (χ1n) is 6.65. The number of aryl methyl sites for hydroxylation is 1. The van der Waals surface area contributed by atoms with Crippen molar-refractivity contribution in [3.63, 3.8) is 0 Å². The van der Waals surface area contributed by atoms with E-state index in [4.69, 9.17) is 5.11 Å². The molecule has 17 heavy (non-hydrogen) atoms. The lowest BCUT2D eigenvalue weighted by atomic mass is 10.1. The monoisotopic (exact) mass is 235 g/mol. The van der Waals surface area contributed by atoms with Crippen molar-refractivity contribution in [2.24, 2.45) is 0 Å². The van der Waals surface area contributed by atoms with Crippen molar-refractivity contribution < 1.29 is 5.11 Å². The van der Waals surface area contributed by atoms with Crippen molar-refractivity contribution in [2.75, 3.05) is 13.2 Å². The molecule has 1 aromatic rings. The Morgan fingerprint density at radius 1 is 1.18 bits per heavy atom. The molecule has 0 fully saturated rings. The summed E-state index contributed by atoms with van der Waals surface area (Å²) in [4.78, 5) is 0. The predicted molar refractivity (Wildman–Crippen MR) is 73.2 cm³/mol. The van der Waals surface area contributed by atoms with Crippen LogP contribution in [0.25, 0.3) is 0 Å². The van der Waals surface area contributed by atoms with Gasteiger partial charge in [-0.1, -0.05) is 42.7 Å². The van der Waals surface area contributed by atoms with Gasteiger partial charge in [0.15, 0.2) is 0 Å². The van der Waals surface area contributed by atoms with Gasteiger partial charge in [-0.2, -0.15) is 0 Å². The highest BCUT2D eigenvalue weighted by Crippen LogP contribution is 2.13. The number of aliphatic hydroxyl groups is 1. The molecule has 1 atom stereocenters. The third-order valence-electron chi connectivity index (χ3n) is 3.08. The van der Waals surface area contributed by atoms with Crippen LogP contribution in [-0.4, -0.2) is 18.3 Å². The van der Waals surface area contributed by atoms with E-state index in [1.165, 1.54) is 24.0 Å². The van der Waals surface area contributed by atoms with E-state index in [0.29, 0.717) is 12.6 Å². The fraction of sp³-hybridized carbons (Fsp3) is 0.600. The number of aliphatic hydroxyl groups excluding tert-OH is 1. The van der Waals surface area contributed by atoms with Gasteiger partial charge in [0, 0.05) is 12.6 Å². The van der Waals surface area contributed by atoms with Crippen LogP contribution in [0.5, 0.6) is 0 Å². The van der Waals surface area contributed by atoms with Gasteiger partial charge in [-0.3, -0.25) is 0 Å². The minimum Gasteiger partial charge on any atom is -0.396 e. The van der Waals surface area contributed by atoms with Crippen LogP contribution in [0.15, 0.2) is 24.3 Å². The topological polar surface area (TPSA) is 32.3 Å². The van der Waals surface area contributed by atoms with Gasteiger partial charge in [-0.25, -0.2) is 0 Å². The number of rotatable bonds is 8. The van der Waals surface area contributed by atoms with E-state index in [1.807, 2.05) is 0 Å². The molecule has 0 saturated heterocycles.